The minimum absolute atomic E-state index is 0.248. The van der Waals surface area contributed by atoms with Crippen molar-refractivity contribution in [2.75, 3.05) is 0 Å². The topological polar surface area (TPSA) is 67.5 Å². The van der Waals surface area contributed by atoms with Crippen LogP contribution in [0.5, 0.6) is 0 Å². The maximum Gasteiger partial charge on any atom is 0.491 e. The van der Waals surface area contributed by atoms with Gasteiger partial charge >= 0.3 is 7.12 Å². The molecule has 0 amide bonds. The maximum absolute atomic E-state index is 9.17. The summed E-state index contributed by atoms with van der Waals surface area (Å²) in [6.45, 7) is 11.4. The number of rotatable bonds is 4. The van der Waals surface area contributed by atoms with Gasteiger partial charge in [-0.3, -0.25) is 4.68 Å². The normalized spacial score (nSPS) is 23.6. The summed E-state index contributed by atoms with van der Waals surface area (Å²) in [5.41, 5.74) is 0.458. The molecule has 1 saturated carbocycles. The molecule has 5 nitrogen and oxygen atoms in total. The van der Waals surface area contributed by atoms with Gasteiger partial charge in [-0.05, 0) is 43.8 Å². The molecule has 1 fully saturated rings. The van der Waals surface area contributed by atoms with E-state index in [1.165, 1.54) is 6.20 Å². The van der Waals surface area contributed by atoms with E-state index in [1.807, 2.05) is 4.68 Å². The Balaban J connectivity index is 1.90. The van der Waals surface area contributed by atoms with Gasteiger partial charge in [0.15, 0.2) is 8.32 Å². The van der Waals surface area contributed by atoms with Crippen LogP contribution in [0, 0.1) is 0 Å². The molecule has 0 spiro atoms. The lowest BCUT2D eigenvalue weighted by molar-refractivity contribution is 0.115. The van der Waals surface area contributed by atoms with Gasteiger partial charge in [0.05, 0.1) is 6.04 Å². The standard InChI is InChI=1S/C15H29BN2O3Si/c1-15(2,3)22(4,5)21-14-8-6-13(7-9-14)18-11-12(10-17-18)16(19)20/h10-11,13-14,19-20H,6-9H2,1-5H3/t13-,14-. The van der Waals surface area contributed by atoms with Crippen LogP contribution in [0.15, 0.2) is 12.4 Å². The molecule has 2 rings (SSSR count). The van der Waals surface area contributed by atoms with Crippen LogP contribution < -0.4 is 5.46 Å². The Labute approximate surface area is 135 Å². The second kappa shape index (κ2) is 6.47. The summed E-state index contributed by atoms with van der Waals surface area (Å²) < 4.78 is 8.37. The summed E-state index contributed by atoms with van der Waals surface area (Å²) in [4.78, 5) is 0. The van der Waals surface area contributed by atoms with Gasteiger partial charge in [0.1, 0.15) is 0 Å². The van der Waals surface area contributed by atoms with Crippen molar-refractivity contribution in [1.82, 2.24) is 9.78 Å². The molecule has 1 aliphatic rings. The average Bonchev–Trinajstić information content (AvgIpc) is 2.87. The fraction of sp³-hybridized carbons (Fsp3) is 0.800. The lowest BCUT2D eigenvalue weighted by atomic mass is 9.83. The maximum atomic E-state index is 9.17. The van der Waals surface area contributed by atoms with E-state index in [-0.39, 0.29) is 5.04 Å². The smallest absolute Gasteiger partial charge is 0.423 e. The van der Waals surface area contributed by atoms with E-state index >= 15 is 0 Å². The molecule has 1 heterocycles. The van der Waals surface area contributed by atoms with Crippen molar-refractivity contribution in [3.8, 4) is 0 Å². The van der Waals surface area contributed by atoms with E-state index in [9.17, 15) is 0 Å². The molecule has 0 bridgehead atoms. The average molecular weight is 324 g/mol. The summed E-state index contributed by atoms with van der Waals surface area (Å²) in [6.07, 6.45) is 7.79. The zero-order chi connectivity index (χ0) is 16.5. The third-order valence-electron chi connectivity index (χ3n) is 5.20. The van der Waals surface area contributed by atoms with Gasteiger partial charge in [0.2, 0.25) is 0 Å². The van der Waals surface area contributed by atoms with E-state index in [4.69, 9.17) is 14.5 Å². The molecular formula is C15H29BN2O3Si. The van der Waals surface area contributed by atoms with Crippen LogP contribution in [0.3, 0.4) is 0 Å². The third-order valence-corrected chi connectivity index (χ3v) is 9.74. The van der Waals surface area contributed by atoms with E-state index in [0.29, 0.717) is 17.6 Å². The molecule has 0 aliphatic heterocycles. The van der Waals surface area contributed by atoms with E-state index in [2.05, 4.69) is 39.0 Å². The predicted octanol–water partition coefficient (Wildman–Crippen LogP) is 2.07. The van der Waals surface area contributed by atoms with Gasteiger partial charge in [0.25, 0.3) is 0 Å². The van der Waals surface area contributed by atoms with Crippen LogP contribution in [0.25, 0.3) is 0 Å². The van der Waals surface area contributed by atoms with Crippen LogP contribution in [0.4, 0.5) is 0 Å². The summed E-state index contributed by atoms with van der Waals surface area (Å²) in [5.74, 6) is 0. The molecule has 22 heavy (non-hydrogen) atoms. The lowest BCUT2D eigenvalue weighted by Crippen LogP contribution is -2.44. The SMILES string of the molecule is CC(C)(C)[Si](C)(C)O[C@H]1CC[C@H](n2cc(B(O)O)cn2)CC1. The van der Waals surface area contributed by atoms with E-state index in [0.717, 1.165) is 25.7 Å². The summed E-state index contributed by atoms with van der Waals surface area (Å²) in [5, 5.41) is 22.8. The van der Waals surface area contributed by atoms with Gasteiger partial charge in [-0.2, -0.15) is 5.10 Å². The van der Waals surface area contributed by atoms with E-state index in [1.54, 1.807) is 6.20 Å². The van der Waals surface area contributed by atoms with Crippen molar-refractivity contribution in [2.45, 2.75) is 76.7 Å². The van der Waals surface area contributed by atoms with Crippen molar-refractivity contribution < 1.29 is 14.5 Å². The first-order valence-corrected chi connectivity index (χ1v) is 11.1. The second-order valence-corrected chi connectivity index (χ2v) is 12.7. The number of hydrogen-bond donors (Lipinski definition) is 2. The highest BCUT2D eigenvalue weighted by molar-refractivity contribution is 6.74. The van der Waals surface area contributed by atoms with Gasteiger partial charge in [-0.15, -0.1) is 0 Å². The number of aromatic nitrogens is 2. The van der Waals surface area contributed by atoms with Gasteiger partial charge in [0, 0.05) is 24.0 Å². The Kier molecular flexibility index (Phi) is 5.21. The lowest BCUT2D eigenvalue weighted by Gasteiger charge is -2.41. The molecule has 1 aromatic heterocycles. The Morgan fingerprint density at radius 2 is 1.82 bits per heavy atom. The number of nitrogens with zero attached hydrogens (tertiary/aromatic N) is 2. The molecule has 1 aromatic rings. The largest absolute Gasteiger partial charge is 0.491 e. The molecule has 0 atom stereocenters. The first-order chi connectivity index (χ1) is 10.1. The minimum Gasteiger partial charge on any atom is -0.423 e. The zero-order valence-electron chi connectivity index (χ0n) is 14.4. The highest BCUT2D eigenvalue weighted by Crippen LogP contribution is 2.40. The Morgan fingerprint density at radius 1 is 1.23 bits per heavy atom. The van der Waals surface area contributed by atoms with Crippen LogP contribution in [0.1, 0.15) is 52.5 Å². The van der Waals surface area contributed by atoms with Gasteiger partial charge in [-0.25, -0.2) is 0 Å². The van der Waals surface area contributed by atoms with Crippen molar-refractivity contribution in [3.63, 3.8) is 0 Å². The van der Waals surface area contributed by atoms with Crippen LogP contribution in [-0.4, -0.2) is 41.4 Å². The molecule has 0 aromatic carbocycles. The zero-order valence-corrected chi connectivity index (χ0v) is 15.4. The quantitative estimate of drug-likeness (QED) is 0.832. The molecule has 2 N–H and O–H groups in total. The van der Waals surface area contributed by atoms with Gasteiger partial charge < -0.3 is 14.5 Å². The molecular weight excluding hydrogens is 295 g/mol. The number of hydrogen-bond acceptors (Lipinski definition) is 4. The van der Waals surface area contributed by atoms with Crippen molar-refractivity contribution in [1.29, 1.82) is 0 Å². The molecule has 0 radical (unpaired) electrons. The molecule has 0 saturated heterocycles. The van der Waals surface area contributed by atoms with Crippen molar-refractivity contribution in [3.05, 3.63) is 12.4 Å². The first-order valence-electron chi connectivity index (χ1n) is 8.18. The molecule has 0 unspecified atom stereocenters. The fourth-order valence-corrected chi connectivity index (χ4v) is 4.13. The second-order valence-electron chi connectivity index (χ2n) is 7.94. The van der Waals surface area contributed by atoms with Crippen LogP contribution in [0.2, 0.25) is 18.1 Å². The fourth-order valence-electron chi connectivity index (χ4n) is 2.71. The summed E-state index contributed by atoms with van der Waals surface area (Å²) in [6, 6.07) is 0.340. The summed E-state index contributed by atoms with van der Waals surface area (Å²) in [7, 11) is -3.13. The first kappa shape index (κ1) is 17.7. The molecule has 7 heteroatoms. The summed E-state index contributed by atoms with van der Waals surface area (Å²) >= 11 is 0. The Bertz CT molecular complexity index is 491. The Morgan fingerprint density at radius 3 is 2.27 bits per heavy atom. The van der Waals surface area contributed by atoms with E-state index < -0.39 is 15.4 Å². The van der Waals surface area contributed by atoms with Crippen LogP contribution in [-0.2, 0) is 4.43 Å². The Hall–Kier alpha value is -0.628. The highest BCUT2D eigenvalue weighted by Gasteiger charge is 2.40. The minimum atomic E-state index is -1.69. The van der Waals surface area contributed by atoms with Crippen LogP contribution >= 0.6 is 0 Å². The van der Waals surface area contributed by atoms with Crippen molar-refractivity contribution >= 4 is 20.9 Å². The highest BCUT2D eigenvalue weighted by atomic mass is 28.4. The van der Waals surface area contributed by atoms with Crippen molar-refractivity contribution in [2.24, 2.45) is 0 Å². The molecule has 124 valence electrons. The monoisotopic (exact) mass is 324 g/mol. The third kappa shape index (κ3) is 4.01. The van der Waals surface area contributed by atoms with Gasteiger partial charge in [-0.1, -0.05) is 20.8 Å². The predicted molar refractivity (Wildman–Crippen MR) is 91.6 cm³/mol. The molecule has 1 aliphatic carbocycles.